The van der Waals surface area contributed by atoms with Crippen molar-refractivity contribution in [2.24, 2.45) is 11.3 Å². The molecule has 6 nitrogen and oxygen atoms in total. The van der Waals surface area contributed by atoms with Gasteiger partial charge in [-0.05, 0) is 56.5 Å². The Balaban J connectivity index is 0.00000210. The number of fused-ring (bicyclic) bond motifs is 1. The minimum atomic E-state index is -0.264. The number of nitrogens with zero attached hydrogens (tertiary/aromatic N) is 1. The van der Waals surface area contributed by atoms with Crippen molar-refractivity contribution in [3.05, 3.63) is 46.4 Å². The quantitative estimate of drug-likeness (QED) is 0.754. The monoisotopic (exact) mass is 388 g/mol. The Bertz CT molecular complexity index is 880. The van der Waals surface area contributed by atoms with E-state index in [0.29, 0.717) is 17.4 Å². The van der Waals surface area contributed by atoms with E-state index in [4.69, 9.17) is 0 Å². The van der Waals surface area contributed by atoms with Crippen LogP contribution in [-0.2, 0) is 4.79 Å². The van der Waals surface area contributed by atoms with E-state index in [1.807, 2.05) is 24.3 Å². The topological polar surface area (TPSA) is 86.9 Å². The summed E-state index contributed by atoms with van der Waals surface area (Å²) in [4.78, 5) is 31.7. The molecular formula is C20H25ClN4O2. The highest BCUT2D eigenvalue weighted by Crippen LogP contribution is 2.44. The highest BCUT2D eigenvalue weighted by molar-refractivity contribution is 5.96. The Labute approximate surface area is 164 Å². The molecule has 0 spiro atoms. The first kappa shape index (κ1) is 19.6. The van der Waals surface area contributed by atoms with Crippen LogP contribution in [-0.4, -0.2) is 29.0 Å². The number of aromatic nitrogens is 2. The lowest BCUT2D eigenvalue weighted by molar-refractivity contribution is -0.128. The minimum Gasteiger partial charge on any atom is -0.326 e. The van der Waals surface area contributed by atoms with Crippen LogP contribution in [0, 0.1) is 18.3 Å². The Morgan fingerprint density at radius 2 is 2.04 bits per heavy atom. The molecule has 7 heteroatoms. The van der Waals surface area contributed by atoms with Crippen LogP contribution in [0.1, 0.15) is 31.4 Å². The number of halogens is 1. The normalized spacial score (nSPS) is 24.0. The number of benzene rings is 1. The third-order valence-corrected chi connectivity index (χ3v) is 5.78. The van der Waals surface area contributed by atoms with Gasteiger partial charge in [-0.2, -0.15) is 0 Å². The molecule has 1 aliphatic heterocycles. The lowest BCUT2D eigenvalue weighted by Crippen LogP contribution is -2.44. The largest absolute Gasteiger partial charge is 0.326 e. The van der Waals surface area contributed by atoms with Gasteiger partial charge in [-0.1, -0.05) is 12.8 Å². The van der Waals surface area contributed by atoms with Crippen molar-refractivity contribution in [3.8, 4) is 11.4 Å². The van der Waals surface area contributed by atoms with E-state index in [9.17, 15) is 9.59 Å². The first-order chi connectivity index (χ1) is 12.6. The number of H-pyrrole nitrogens is 1. The standard InChI is InChI=1S/C20H24N4O2.ClH/c1-13-10-17(25)24-18(22-13)14-5-7-16(8-6-14)23-19(26)20-9-3-2-4-15(20)11-21-12-20;/h5-8,10,15,21H,2-4,9,11-12H2,1H3,(H,23,26)(H,22,24,25);1H/t15-,20+;/m0./s1. The summed E-state index contributed by atoms with van der Waals surface area (Å²) >= 11 is 0. The van der Waals surface area contributed by atoms with Gasteiger partial charge in [-0.25, -0.2) is 4.98 Å². The Morgan fingerprint density at radius 1 is 1.26 bits per heavy atom. The molecular weight excluding hydrogens is 364 g/mol. The number of hydrogen-bond acceptors (Lipinski definition) is 4. The number of rotatable bonds is 3. The smallest absolute Gasteiger partial charge is 0.251 e. The minimum absolute atomic E-state index is 0. The van der Waals surface area contributed by atoms with Crippen LogP contribution in [0.5, 0.6) is 0 Å². The van der Waals surface area contributed by atoms with Crippen LogP contribution >= 0.6 is 12.4 Å². The number of anilines is 1. The lowest BCUT2D eigenvalue weighted by atomic mass is 9.67. The second kappa shape index (κ2) is 7.82. The third-order valence-electron chi connectivity index (χ3n) is 5.78. The van der Waals surface area contributed by atoms with Crippen molar-refractivity contribution in [2.45, 2.75) is 32.6 Å². The van der Waals surface area contributed by atoms with Gasteiger partial charge in [0.15, 0.2) is 0 Å². The van der Waals surface area contributed by atoms with Crippen LogP contribution in [0.25, 0.3) is 11.4 Å². The second-order valence-corrected chi connectivity index (χ2v) is 7.50. The SMILES string of the molecule is Cc1cc(=O)[nH]c(-c2ccc(NC(=O)[C@@]34CCCC[C@H]3CNC4)cc2)n1.Cl. The predicted octanol–water partition coefficient (Wildman–Crippen LogP) is 2.89. The van der Waals surface area contributed by atoms with Crippen molar-refractivity contribution in [3.63, 3.8) is 0 Å². The van der Waals surface area contributed by atoms with Gasteiger partial charge in [0.1, 0.15) is 5.82 Å². The maximum Gasteiger partial charge on any atom is 0.251 e. The summed E-state index contributed by atoms with van der Waals surface area (Å²) in [6.45, 7) is 3.51. The molecule has 2 heterocycles. The fourth-order valence-corrected chi connectivity index (χ4v) is 4.37. The molecule has 1 aromatic carbocycles. The predicted molar refractivity (Wildman–Crippen MR) is 108 cm³/mol. The van der Waals surface area contributed by atoms with Crippen LogP contribution in [0.3, 0.4) is 0 Å². The van der Waals surface area contributed by atoms with Gasteiger partial charge in [0, 0.05) is 29.6 Å². The summed E-state index contributed by atoms with van der Waals surface area (Å²) in [6.07, 6.45) is 4.43. The van der Waals surface area contributed by atoms with Crippen molar-refractivity contribution >= 4 is 24.0 Å². The number of aromatic amines is 1. The van der Waals surface area contributed by atoms with Crippen LogP contribution in [0.2, 0.25) is 0 Å². The van der Waals surface area contributed by atoms with E-state index in [-0.39, 0.29) is 29.3 Å². The molecule has 1 saturated carbocycles. The molecule has 1 amide bonds. The Hall–Kier alpha value is -2.18. The molecule has 2 atom stereocenters. The van der Waals surface area contributed by atoms with Crippen molar-refractivity contribution in [1.29, 1.82) is 0 Å². The molecule has 2 fully saturated rings. The molecule has 3 N–H and O–H groups in total. The second-order valence-electron chi connectivity index (χ2n) is 7.50. The van der Waals surface area contributed by atoms with Crippen LogP contribution in [0.15, 0.2) is 35.1 Å². The summed E-state index contributed by atoms with van der Waals surface area (Å²) in [5.41, 5.74) is 1.85. The average molecular weight is 389 g/mol. The number of aryl methyl sites for hydroxylation is 1. The molecule has 1 aromatic heterocycles. The van der Waals surface area contributed by atoms with E-state index in [2.05, 4.69) is 20.6 Å². The molecule has 1 aliphatic carbocycles. The number of amides is 1. The van der Waals surface area contributed by atoms with E-state index in [1.165, 1.54) is 12.5 Å². The van der Waals surface area contributed by atoms with E-state index >= 15 is 0 Å². The summed E-state index contributed by atoms with van der Waals surface area (Å²) in [6, 6.07) is 8.94. The van der Waals surface area contributed by atoms with Gasteiger partial charge >= 0.3 is 0 Å². The zero-order valence-electron chi connectivity index (χ0n) is 15.4. The highest BCUT2D eigenvalue weighted by Gasteiger charge is 2.49. The summed E-state index contributed by atoms with van der Waals surface area (Å²) in [7, 11) is 0. The molecule has 2 aliphatic rings. The maximum atomic E-state index is 13.0. The van der Waals surface area contributed by atoms with E-state index in [0.717, 1.165) is 43.6 Å². The Morgan fingerprint density at radius 3 is 2.78 bits per heavy atom. The van der Waals surface area contributed by atoms with Gasteiger partial charge in [0.2, 0.25) is 5.91 Å². The van der Waals surface area contributed by atoms with Crippen molar-refractivity contribution in [2.75, 3.05) is 18.4 Å². The molecule has 0 unspecified atom stereocenters. The average Bonchev–Trinajstić information content (AvgIpc) is 3.07. The summed E-state index contributed by atoms with van der Waals surface area (Å²) in [5, 5.41) is 6.51. The van der Waals surface area contributed by atoms with Crippen LogP contribution in [0.4, 0.5) is 5.69 Å². The zero-order chi connectivity index (χ0) is 18.1. The van der Waals surface area contributed by atoms with Gasteiger partial charge in [-0.3, -0.25) is 9.59 Å². The Kier molecular flexibility index (Phi) is 5.67. The molecule has 0 radical (unpaired) electrons. The van der Waals surface area contributed by atoms with Crippen molar-refractivity contribution in [1.82, 2.24) is 15.3 Å². The molecule has 1 saturated heterocycles. The molecule has 27 heavy (non-hydrogen) atoms. The summed E-state index contributed by atoms with van der Waals surface area (Å²) < 4.78 is 0. The van der Waals surface area contributed by atoms with Gasteiger partial charge < -0.3 is 15.6 Å². The van der Waals surface area contributed by atoms with Crippen molar-refractivity contribution < 1.29 is 4.79 Å². The van der Waals surface area contributed by atoms with Gasteiger partial charge in [0.05, 0.1) is 5.41 Å². The molecule has 2 aromatic rings. The zero-order valence-corrected chi connectivity index (χ0v) is 16.2. The van der Waals surface area contributed by atoms with Gasteiger partial charge in [0.25, 0.3) is 5.56 Å². The molecule has 4 rings (SSSR count). The number of nitrogens with one attached hydrogen (secondary N) is 3. The first-order valence-corrected chi connectivity index (χ1v) is 9.27. The van der Waals surface area contributed by atoms with E-state index in [1.54, 1.807) is 6.92 Å². The van der Waals surface area contributed by atoms with Crippen LogP contribution < -0.4 is 16.2 Å². The van der Waals surface area contributed by atoms with E-state index < -0.39 is 0 Å². The fourth-order valence-electron chi connectivity index (χ4n) is 4.37. The summed E-state index contributed by atoms with van der Waals surface area (Å²) in [5.74, 6) is 1.11. The third kappa shape index (κ3) is 3.77. The maximum absolute atomic E-state index is 13.0. The lowest BCUT2D eigenvalue weighted by Gasteiger charge is -2.37. The molecule has 0 bridgehead atoms. The number of carbonyl (C=O) groups excluding carboxylic acids is 1. The molecule has 144 valence electrons. The fraction of sp³-hybridized carbons (Fsp3) is 0.450. The first-order valence-electron chi connectivity index (χ1n) is 9.27. The van der Waals surface area contributed by atoms with Gasteiger partial charge in [-0.15, -0.1) is 12.4 Å². The number of hydrogen-bond donors (Lipinski definition) is 3. The number of carbonyl (C=O) groups is 1. The highest BCUT2D eigenvalue weighted by atomic mass is 35.5.